The van der Waals surface area contributed by atoms with E-state index in [-0.39, 0.29) is 47.8 Å². The highest BCUT2D eigenvalue weighted by Gasteiger charge is 2.44. The van der Waals surface area contributed by atoms with E-state index in [1.807, 2.05) is 42.8 Å². The van der Waals surface area contributed by atoms with E-state index >= 15 is 0 Å². The maximum absolute atomic E-state index is 14.3. The minimum absolute atomic E-state index is 0.0233. The fraction of sp³-hybridized carbons (Fsp3) is 0.500. The van der Waals surface area contributed by atoms with Crippen LogP contribution >= 0.6 is 0 Å². The number of benzene rings is 3. The van der Waals surface area contributed by atoms with E-state index in [0.29, 0.717) is 38.5 Å². The number of carbonyl (C=O) groups excluding carboxylic acids is 4. The van der Waals surface area contributed by atoms with Gasteiger partial charge in [-0.3, -0.25) is 9.59 Å². The maximum atomic E-state index is 14.3. The Balaban J connectivity index is 0.964. The Morgan fingerprint density at radius 3 is 2.34 bits per heavy atom. The number of hydrogen-bond donors (Lipinski definition) is 4. The molecule has 4 N–H and O–H groups in total. The number of ether oxygens (including phenoxy) is 4. The quantitative estimate of drug-likeness (QED) is 0.108. The number of fused-ring (bicyclic) bond motifs is 6. The molecule has 16 nitrogen and oxygen atoms in total. The van der Waals surface area contributed by atoms with Crippen molar-refractivity contribution in [2.24, 2.45) is 11.8 Å². The van der Waals surface area contributed by atoms with E-state index < -0.39 is 24.3 Å². The van der Waals surface area contributed by atoms with Gasteiger partial charge in [0.2, 0.25) is 11.8 Å². The number of aromatic amines is 2. The minimum Gasteiger partial charge on any atom is -0.488 e. The summed E-state index contributed by atoms with van der Waals surface area (Å²) < 4.78 is 21.8. The van der Waals surface area contributed by atoms with Gasteiger partial charge in [-0.15, -0.1) is 0 Å². The standard InChI is InChI=1S/C48H58N8O8/c1-7-31-11-15-38(56(31)45(57)40(25(2)3)53-47(59)61-5)44-50-35-13-10-28-21-34-32-12-9-29(20-30(32)24-64-39(34)22-33(28)42(35)52-44)36-23-49-43(51-36)37-14-8-26(4)55(37)46(58)41(54-48(60)62-6)27-16-18-63-19-17-27/h9-10,12-13,20-23,25-27,31,37-38,40-41H,7-8,11,14-19,24H2,1-6H3,(H,49,51)(H,50,52)(H,53,59)(H,54,60)/t26-,31-,37-,38-,40-,41-/m0/s1. The van der Waals surface area contributed by atoms with E-state index in [1.54, 1.807) is 0 Å². The van der Waals surface area contributed by atoms with Gasteiger partial charge in [0, 0.05) is 36.2 Å². The number of nitrogens with zero attached hydrogens (tertiary/aromatic N) is 4. The summed E-state index contributed by atoms with van der Waals surface area (Å²) in [6.07, 6.45) is 5.89. The normalized spacial score (nSPS) is 21.9. The number of methoxy groups -OCH3 is 2. The van der Waals surface area contributed by atoms with E-state index in [9.17, 15) is 19.2 Å². The lowest BCUT2D eigenvalue weighted by Crippen LogP contribution is -2.54. The summed E-state index contributed by atoms with van der Waals surface area (Å²) >= 11 is 0. The second-order valence-corrected chi connectivity index (χ2v) is 18.0. The minimum atomic E-state index is -0.726. The van der Waals surface area contributed by atoms with Gasteiger partial charge >= 0.3 is 12.2 Å². The molecule has 3 aromatic carbocycles. The number of H-pyrrole nitrogens is 2. The molecular formula is C48H58N8O8. The first-order chi connectivity index (χ1) is 31.0. The van der Waals surface area contributed by atoms with Gasteiger partial charge in [0.1, 0.15) is 36.1 Å². The third-order valence-corrected chi connectivity index (χ3v) is 13.9. The number of aromatic nitrogens is 4. The SMILES string of the molecule is CC[C@H]1CC[C@@H](c2nc3ccc4cc5c(cc4c3[nH]2)OCc2cc(-c3cnc([C@@H]4CC[C@H](C)N4C(=O)[C@@H](NC(=O)OC)C4CCOCC4)[nH]3)ccc2-5)N1C(=O)[C@@H](NC(=O)OC)C(C)C. The molecule has 0 spiro atoms. The molecule has 0 bridgehead atoms. The molecular weight excluding hydrogens is 817 g/mol. The Morgan fingerprint density at radius 1 is 0.844 bits per heavy atom. The average Bonchev–Trinajstić information content (AvgIpc) is 4.14. The van der Waals surface area contributed by atoms with Crippen LogP contribution in [0.15, 0.2) is 48.7 Å². The molecule has 0 unspecified atom stereocenters. The number of rotatable bonds is 10. The number of hydrogen-bond acceptors (Lipinski definition) is 10. The maximum Gasteiger partial charge on any atom is 0.407 e. The van der Waals surface area contributed by atoms with Crippen molar-refractivity contribution in [2.45, 2.75) is 115 Å². The molecule has 4 aliphatic rings. The van der Waals surface area contributed by atoms with Gasteiger partial charge in [0.05, 0.1) is 49.2 Å². The molecule has 338 valence electrons. The zero-order chi connectivity index (χ0) is 44.8. The van der Waals surface area contributed by atoms with Crippen molar-refractivity contribution in [2.75, 3.05) is 27.4 Å². The fourth-order valence-electron chi connectivity index (χ4n) is 10.4. The van der Waals surface area contributed by atoms with E-state index in [1.165, 1.54) is 14.2 Å². The molecule has 2 aromatic heterocycles. The van der Waals surface area contributed by atoms with Crippen LogP contribution in [0.3, 0.4) is 0 Å². The molecule has 16 heteroatoms. The molecule has 3 saturated heterocycles. The molecule has 5 aromatic rings. The van der Waals surface area contributed by atoms with Crippen molar-refractivity contribution >= 4 is 45.8 Å². The molecule has 6 heterocycles. The fourth-order valence-corrected chi connectivity index (χ4v) is 10.4. The first kappa shape index (κ1) is 43.1. The summed E-state index contributed by atoms with van der Waals surface area (Å²) in [5.41, 5.74) is 6.61. The lowest BCUT2D eigenvalue weighted by Gasteiger charge is -2.36. The molecule has 4 amide bonds. The van der Waals surface area contributed by atoms with Gasteiger partial charge in [0.15, 0.2) is 0 Å². The number of amides is 4. The summed E-state index contributed by atoms with van der Waals surface area (Å²) in [5.74, 6) is 1.76. The highest BCUT2D eigenvalue weighted by molar-refractivity contribution is 6.07. The third-order valence-electron chi connectivity index (χ3n) is 13.9. The first-order valence-corrected chi connectivity index (χ1v) is 22.7. The Bertz CT molecular complexity index is 2580. The predicted molar refractivity (Wildman–Crippen MR) is 239 cm³/mol. The van der Waals surface area contributed by atoms with E-state index in [0.717, 1.165) is 93.4 Å². The van der Waals surface area contributed by atoms with E-state index in [2.05, 4.69) is 63.9 Å². The van der Waals surface area contributed by atoms with Crippen LogP contribution in [0.1, 0.15) is 102 Å². The number of carbonyl (C=O) groups is 4. The summed E-state index contributed by atoms with van der Waals surface area (Å²) in [4.78, 5) is 73.9. The Hall–Kier alpha value is -6.16. The largest absolute Gasteiger partial charge is 0.488 e. The third kappa shape index (κ3) is 7.90. The molecule has 64 heavy (non-hydrogen) atoms. The smallest absolute Gasteiger partial charge is 0.407 e. The van der Waals surface area contributed by atoms with Crippen LogP contribution in [-0.2, 0) is 30.4 Å². The van der Waals surface area contributed by atoms with Crippen LogP contribution < -0.4 is 15.4 Å². The molecule has 4 aliphatic heterocycles. The van der Waals surface area contributed by atoms with Crippen LogP contribution in [0.2, 0.25) is 0 Å². The van der Waals surface area contributed by atoms with Crippen LogP contribution in [-0.4, -0.2) is 105 Å². The Labute approximate surface area is 372 Å². The van der Waals surface area contributed by atoms with Crippen molar-refractivity contribution in [3.05, 3.63) is 65.9 Å². The van der Waals surface area contributed by atoms with Crippen LogP contribution in [0.25, 0.3) is 44.2 Å². The first-order valence-electron chi connectivity index (χ1n) is 22.7. The van der Waals surface area contributed by atoms with Crippen molar-refractivity contribution < 1.29 is 38.1 Å². The zero-order valence-electron chi connectivity index (χ0n) is 37.4. The molecule has 3 fully saturated rings. The Morgan fingerprint density at radius 2 is 1.59 bits per heavy atom. The summed E-state index contributed by atoms with van der Waals surface area (Å²) in [6.45, 7) is 9.45. The van der Waals surface area contributed by atoms with Crippen LogP contribution in [0, 0.1) is 11.8 Å². The highest BCUT2D eigenvalue weighted by Crippen LogP contribution is 2.44. The second-order valence-electron chi connectivity index (χ2n) is 18.0. The van der Waals surface area contributed by atoms with Crippen molar-refractivity contribution in [1.82, 2.24) is 40.4 Å². The highest BCUT2D eigenvalue weighted by atomic mass is 16.5. The van der Waals surface area contributed by atoms with Crippen LogP contribution in [0.5, 0.6) is 5.75 Å². The van der Waals surface area contributed by atoms with Crippen LogP contribution in [0.4, 0.5) is 9.59 Å². The number of likely N-dealkylation sites (tertiary alicyclic amines) is 2. The predicted octanol–water partition coefficient (Wildman–Crippen LogP) is 7.69. The summed E-state index contributed by atoms with van der Waals surface area (Å²) in [6, 6.07) is 12.7. The topological polar surface area (TPSA) is 193 Å². The van der Waals surface area contributed by atoms with Gasteiger partial charge in [-0.2, -0.15) is 0 Å². The van der Waals surface area contributed by atoms with E-state index in [4.69, 9.17) is 28.9 Å². The second kappa shape index (κ2) is 17.8. The van der Waals surface area contributed by atoms with Gasteiger partial charge in [-0.1, -0.05) is 39.0 Å². The van der Waals surface area contributed by atoms with Gasteiger partial charge in [-0.05, 0) is 110 Å². The van der Waals surface area contributed by atoms with Gasteiger partial charge in [-0.25, -0.2) is 19.6 Å². The molecule has 0 saturated carbocycles. The van der Waals surface area contributed by atoms with Crippen molar-refractivity contribution in [1.29, 1.82) is 0 Å². The number of imidazole rings is 2. The summed E-state index contributed by atoms with van der Waals surface area (Å²) in [7, 11) is 2.61. The number of alkyl carbamates (subject to hydrolysis) is 2. The molecule has 6 atom stereocenters. The Kier molecular flexibility index (Phi) is 12.0. The average molecular weight is 875 g/mol. The molecule has 0 radical (unpaired) electrons. The lowest BCUT2D eigenvalue weighted by molar-refractivity contribution is -0.139. The monoisotopic (exact) mass is 874 g/mol. The number of nitrogens with one attached hydrogen (secondary N) is 4. The van der Waals surface area contributed by atoms with Gasteiger partial charge in [0.25, 0.3) is 0 Å². The zero-order valence-corrected chi connectivity index (χ0v) is 37.4. The molecule has 0 aliphatic carbocycles. The van der Waals surface area contributed by atoms with Gasteiger partial charge < -0.3 is 49.3 Å². The van der Waals surface area contributed by atoms with Crippen molar-refractivity contribution in [3.8, 4) is 28.1 Å². The van der Waals surface area contributed by atoms with Crippen molar-refractivity contribution in [3.63, 3.8) is 0 Å². The summed E-state index contributed by atoms with van der Waals surface area (Å²) in [5, 5.41) is 7.61. The molecule has 9 rings (SSSR count). The lowest BCUT2D eigenvalue weighted by atomic mass is 9.90.